The highest BCUT2D eigenvalue weighted by atomic mass is 79.9. The van der Waals surface area contributed by atoms with Gasteiger partial charge in [0.15, 0.2) is 0 Å². The first-order valence-electron chi connectivity index (χ1n) is 4.87. The van der Waals surface area contributed by atoms with E-state index in [1.165, 1.54) is 4.88 Å². The van der Waals surface area contributed by atoms with Crippen molar-refractivity contribution >= 4 is 50.5 Å². The summed E-state index contributed by atoms with van der Waals surface area (Å²) in [6, 6.07) is 5.49. The Morgan fingerprint density at radius 1 is 1.41 bits per heavy atom. The molecule has 0 fully saturated rings. The fourth-order valence-electron chi connectivity index (χ4n) is 1.47. The Labute approximate surface area is 122 Å². The molecule has 6 heteroatoms. The van der Waals surface area contributed by atoms with Crippen molar-refractivity contribution in [3.05, 3.63) is 48.8 Å². The summed E-state index contributed by atoms with van der Waals surface area (Å²) in [7, 11) is 0. The topological polar surface area (TPSA) is 38.9 Å². The Morgan fingerprint density at radius 3 is 2.76 bits per heavy atom. The Balaban J connectivity index is 2.17. The molecule has 90 valence electrons. The quantitative estimate of drug-likeness (QED) is 0.886. The van der Waals surface area contributed by atoms with E-state index in [4.69, 9.17) is 28.9 Å². The van der Waals surface area contributed by atoms with Crippen molar-refractivity contribution in [2.75, 3.05) is 0 Å². The van der Waals surface area contributed by atoms with Crippen molar-refractivity contribution in [3.8, 4) is 0 Å². The zero-order valence-electron chi connectivity index (χ0n) is 8.66. The molecule has 0 amide bonds. The van der Waals surface area contributed by atoms with Crippen molar-refractivity contribution in [2.24, 2.45) is 5.73 Å². The van der Waals surface area contributed by atoms with E-state index in [9.17, 15) is 0 Å². The van der Waals surface area contributed by atoms with Gasteiger partial charge in [-0.05, 0) is 34.1 Å². The van der Waals surface area contributed by atoms with Gasteiger partial charge in [-0.15, -0.1) is 11.3 Å². The number of hydrogen-bond acceptors (Lipinski definition) is 3. The number of aromatic nitrogens is 1. The summed E-state index contributed by atoms with van der Waals surface area (Å²) < 4.78 is 1.09. The SMILES string of the molecule is NC(Cc1ccc(Br)s1)c1ncc(Cl)cc1Cl. The van der Waals surface area contributed by atoms with Gasteiger partial charge in [-0.2, -0.15) is 0 Å². The van der Waals surface area contributed by atoms with E-state index < -0.39 is 0 Å². The first-order chi connectivity index (χ1) is 8.06. The second-order valence-electron chi connectivity index (χ2n) is 3.54. The molecular weight excluding hydrogens is 343 g/mol. The molecular formula is C11H9BrCl2N2S. The monoisotopic (exact) mass is 350 g/mol. The minimum atomic E-state index is -0.217. The number of pyridine rings is 1. The molecule has 2 rings (SSSR count). The van der Waals surface area contributed by atoms with Crippen LogP contribution < -0.4 is 5.73 Å². The van der Waals surface area contributed by atoms with Crippen LogP contribution in [0.2, 0.25) is 10.0 Å². The Kier molecular flexibility index (Phi) is 4.44. The van der Waals surface area contributed by atoms with E-state index in [2.05, 4.69) is 20.9 Å². The third-order valence-corrected chi connectivity index (χ3v) is 4.39. The van der Waals surface area contributed by atoms with Crippen molar-refractivity contribution in [2.45, 2.75) is 12.5 Å². The zero-order chi connectivity index (χ0) is 12.4. The van der Waals surface area contributed by atoms with Gasteiger partial charge < -0.3 is 5.73 Å². The molecule has 17 heavy (non-hydrogen) atoms. The maximum absolute atomic E-state index is 6.09. The van der Waals surface area contributed by atoms with E-state index >= 15 is 0 Å². The van der Waals surface area contributed by atoms with E-state index in [1.54, 1.807) is 23.6 Å². The van der Waals surface area contributed by atoms with E-state index in [1.807, 2.05) is 12.1 Å². The average Bonchev–Trinajstić information content (AvgIpc) is 2.63. The molecule has 0 radical (unpaired) electrons. The van der Waals surface area contributed by atoms with Crippen LogP contribution in [0, 0.1) is 0 Å². The molecule has 0 aromatic carbocycles. The van der Waals surface area contributed by atoms with Crippen LogP contribution in [0.15, 0.2) is 28.2 Å². The molecule has 2 nitrogen and oxygen atoms in total. The number of nitrogens with zero attached hydrogens (tertiary/aromatic N) is 1. The largest absolute Gasteiger partial charge is 0.322 e. The smallest absolute Gasteiger partial charge is 0.0761 e. The zero-order valence-corrected chi connectivity index (χ0v) is 12.6. The van der Waals surface area contributed by atoms with Crippen LogP contribution in [0.5, 0.6) is 0 Å². The van der Waals surface area contributed by atoms with Gasteiger partial charge in [-0.3, -0.25) is 4.98 Å². The summed E-state index contributed by atoms with van der Waals surface area (Å²) in [6.45, 7) is 0. The minimum Gasteiger partial charge on any atom is -0.322 e. The van der Waals surface area contributed by atoms with Crippen LogP contribution in [-0.4, -0.2) is 4.98 Å². The molecule has 1 atom stereocenters. The highest BCUT2D eigenvalue weighted by molar-refractivity contribution is 9.11. The van der Waals surface area contributed by atoms with Gasteiger partial charge in [-0.25, -0.2) is 0 Å². The molecule has 0 aliphatic carbocycles. The van der Waals surface area contributed by atoms with Crippen LogP contribution in [0.4, 0.5) is 0 Å². The fraction of sp³-hybridized carbons (Fsp3) is 0.182. The van der Waals surface area contributed by atoms with Gasteiger partial charge in [0.05, 0.1) is 25.6 Å². The van der Waals surface area contributed by atoms with Gasteiger partial charge in [0.2, 0.25) is 0 Å². The highest BCUT2D eigenvalue weighted by Gasteiger charge is 2.14. The maximum atomic E-state index is 6.09. The average molecular weight is 352 g/mol. The van der Waals surface area contributed by atoms with Gasteiger partial charge in [-0.1, -0.05) is 23.2 Å². The number of halogens is 3. The molecule has 1 unspecified atom stereocenters. The van der Waals surface area contributed by atoms with Crippen molar-refractivity contribution in [3.63, 3.8) is 0 Å². The van der Waals surface area contributed by atoms with Gasteiger partial charge >= 0.3 is 0 Å². The minimum absolute atomic E-state index is 0.217. The molecule has 0 aliphatic rings. The Bertz CT molecular complexity index is 530. The van der Waals surface area contributed by atoms with Crippen molar-refractivity contribution in [1.82, 2.24) is 4.98 Å². The first kappa shape index (κ1) is 13.3. The van der Waals surface area contributed by atoms with E-state index in [0.717, 1.165) is 3.79 Å². The van der Waals surface area contributed by atoms with Crippen LogP contribution in [0.25, 0.3) is 0 Å². The molecule has 0 spiro atoms. The first-order valence-corrected chi connectivity index (χ1v) is 7.23. The molecule has 2 aromatic rings. The maximum Gasteiger partial charge on any atom is 0.0761 e. The summed E-state index contributed by atoms with van der Waals surface area (Å²) in [5, 5.41) is 1.03. The second-order valence-corrected chi connectivity index (χ2v) is 6.93. The molecule has 0 aliphatic heterocycles. The molecule has 0 saturated carbocycles. The lowest BCUT2D eigenvalue weighted by atomic mass is 10.1. The highest BCUT2D eigenvalue weighted by Crippen LogP contribution is 2.28. The third-order valence-electron chi connectivity index (χ3n) is 2.24. The number of rotatable bonds is 3. The van der Waals surface area contributed by atoms with E-state index in [0.29, 0.717) is 22.2 Å². The second kappa shape index (κ2) is 5.67. The lowest BCUT2D eigenvalue weighted by molar-refractivity contribution is 0.704. The molecule has 0 saturated heterocycles. The standard InChI is InChI=1S/C11H9BrCl2N2S/c12-10-2-1-7(17-10)4-9(15)11-8(14)3-6(13)5-16-11/h1-3,5,9H,4,15H2. The summed E-state index contributed by atoms with van der Waals surface area (Å²) >= 11 is 16.9. The Morgan fingerprint density at radius 2 is 2.18 bits per heavy atom. The number of hydrogen-bond donors (Lipinski definition) is 1. The summed E-state index contributed by atoms with van der Waals surface area (Å²) in [5.74, 6) is 0. The lowest BCUT2D eigenvalue weighted by Crippen LogP contribution is -2.14. The third kappa shape index (κ3) is 3.42. The summed E-state index contributed by atoms with van der Waals surface area (Å²) in [6.07, 6.45) is 2.28. The fourth-order valence-corrected chi connectivity index (χ4v) is 3.53. The summed E-state index contributed by atoms with van der Waals surface area (Å²) in [5.41, 5.74) is 6.77. The normalized spacial score (nSPS) is 12.7. The van der Waals surface area contributed by atoms with Crippen LogP contribution >= 0.6 is 50.5 Å². The van der Waals surface area contributed by atoms with Gasteiger partial charge in [0.25, 0.3) is 0 Å². The van der Waals surface area contributed by atoms with Crippen LogP contribution in [0.3, 0.4) is 0 Å². The van der Waals surface area contributed by atoms with Gasteiger partial charge in [0.1, 0.15) is 0 Å². The predicted octanol–water partition coefficient (Wildman–Crippen LogP) is 4.45. The van der Waals surface area contributed by atoms with Crippen LogP contribution in [-0.2, 0) is 6.42 Å². The lowest BCUT2D eigenvalue weighted by Gasteiger charge is -2.11. The molecule has 0 bridgehead atoms. The predicted molar refractivity (Wildman–Crippen MR) is 76.9 cm³/mol. The van der Waals surface area contributed by atoms with Crippen molar-refractivity contribution < 1.29 is 0 Å². The molecule has 2 aromatic heterocycles. The number of nitrogens with two attached hydrogens (primary N) is 1. The Hall–Kier alpha value is -0.130. The summed E-state index contributed by atoms with van der Waals surface area (Å²) in [4.78, 5) is 5.38. The molecule has 2 N–H and O–H groups in total. The molecule has 2 heterocycles. The van der Waals surface area contributed by atoms with E-state index in [-0.39, 0.29) is 6.04 Å². The van der Waals surface area contributed by atoms with Crippen molar-refractivity contribution in [1.29, 1.82) is 0 Å². The number of thiophene rings is 1. The van der Waals surface area contributed by atoms with Gasteiger partial charge in [0, 0.05) is 17.5 Å². The van der Waals surface area contributed by atoms with Crippen LogP contribution in [0.1, 0.15) is 16.6 Å².